The van der Waals surface area contributed by atoms with Gasteiger partial charge >= 0.3 is 0 Å². The third-order valence-electron chi connectivity index (χ3n) is 6.06. The summed E-state index contributed by atoms with van der Waals surface area (Å²) in [6.07, 6.45) is 1.57. The number of hydrogen-bond acceptors (Lipinski definition) is 4. The van der Waals surface area contributed by atoms with E-state index in [0.29, 0.717) is 21.9 Å². The molecule has 180 valence electrons. The Balaban J connectivity index is 1.55. The van der Waals surface area contributed by atoms with Gasteiger partial charge in [0.25, 0.3) is 15.6 Å². The van der Waals surface area contributed by atoms with Gasteiger partial charge in [-0.3, -0.25) is 14.6 Å². The maximum Gasteiger partial charge on any atom is 0.280 e. The van der Waals surface area contributed by atoms with Crippen molar-refractivity contribution in [2.45, 2.75) is 32.6 Å². The molecule has 0 atom stereocenters. The molecule has 0 aliphatic rings. The maximum atomic E-state index is 12.9. The number of nitrogens with one attached hydrogen (secondary N) is 3. The van der Waals surface area contributed by atoms with Crippen LogP contribution in [0.25, 0.3) is 18.5 Å². The van der Waals surface area contributed by atoms with Crippen LogP contribution in [0.2, 0.25) is 0 Å². The molecular formula is C27H28N4O3S. The molecule has 0 spiro atoms. The van der Waals surface area contributed by atoms with E-state index in [1.165, 1.54) is 16.8 Å². The van der Waals surface area contributed by atoms with E-state index in [-0.39, 0.29) is 10.5 Å². The van der Waals surface area contributed by atoms with Gasteiger partial charge in [0.2, 0.25) is 0 Å². The molecule has 4 rings (SSSR count). The minimum absolute atomic E-state index is 0.137. The van der Waals surface area contributed by atoms with Gasteiger partial charge in [-0.2, -0.15) is 0 Å². The van der Waals surface area contributed by atoms with Gasteiger partial charge in [-0.05, 0) is 98.5 Å². The second-order valence-electron chi connectivity index (χ2n) is 8.63. The van der Waals surface area contributed by atoms with Crippen molar-refractivity contribution < 1.29 is 8.42 Å². The fourth-order valence-corrected chi connectivity index (χ4v) is 4.65. The molecule has 0 saturated carbocycles. The highest BCUT2D eigenvalue weighted by molar-refractivity contribution is 7.92. The summed E-state index contributed by atoms with van der Waals surface area (Å²) in [6.45, 7) is 11.9. The third kappa shape index (κ3) is 5.07. The SMILES string of the molecule is C=c1[nH]n(-c2ccc(C)c(C)c2)c(=O)c1=CNc1ccc(S(=O)(=O)Nc2ccc(C)c(C)c2)cc1. The topological polar surface area (TPSA) is 96.0 Å². The number of sulfonamides is 1. The Morgan fingerprint density at radius 1 is 0.829 bits per heavy atom. The van der Waals surface area contributed by atoms with Crippen molar-refractivity contribution in [3.8, 4) is 5.69 Å². The Bertz CT molecular complexity index is 1680. The molecule has 8 heteroatoms. The minimum atomic E-state index is -3.73. The van der Waals surface area contributed by atoms with Crippen molar-refractivity contribution in [3.63, 3.8) is 0 Å². The largest absolute Gasteiger partial charge is 0.361 e. The van der Waals surface area contributed by atoms with Crippen LogP contribution in [-0.2, 0) is 10.0 Å². The molecule has 1 heterocycles. The van der Waals surface area contributed by atoms with Crippen molar-refractivity contribution in [2.24, 2.45) is 0 Å². The summed E-state index contributed by atoms with van der Waals surface area (Å²) < 4.78 is 29.6. The summed E-state index contributed by atoms with van der Waals surface area (Å²) in [5, 5.41) is 6.92. The molecule has 0 bridgehead atoms. The van der Waals surface area contributed by atoms with Crippen LogP contribution in [0.5, 0.6) is 0 Å². The molecule has 4 aromatic rings. The third-order valence-corrected chi connectivity index (χ3v) is 7.46. The summed E-state index contributed by atoms with van der Waals surface area (Å²) in [5.41, 5.74) is 5.97. The maximum absolute atomic E-state index is 12.9. The molecule has 0 aliphatic carbocycles. The van der Waals surface area contributed by atoms with Gasteiger partial charge in [0.1, 0.15) is 0 Å². The molecule has 0 aliphatic heterocycles. The average Bonchev–Trinajstić information content (AvgIpc) is 3.10. The zero-order valence-electron chi connectivity index (χ0n) is 20.1. The molecule has 3 aromatic carbocycles. The van der Waals surface area contributed by atoms with Gasteiger partial charge < -0.3 is 5.32 Å². The molecule has 0 unspecified atom stereocenters. The van der Waals surface area contributed by atoms with Crippen molar-refractivity contribution in [2.75, 3.05) is 10.0 Å². The van der Waals surface area contributed by atoms with E-state index in [1.54, 1.807) is 30.5 Å². The number of H-pyrrole nitrogens is 1. The fourth-order valence-electron chi connectivity index (χ4n) is 3.60. The lowest BCUT2D eigenvalue weighted by molar-refractivity contribution is 0.601. The Morgan fingerprint density at radius 2 is 1.43 bits per heavy atom. The van der Waals surface area contributed by atoms with Crippen molar-refractivity contribution in [1.29, 1.82) is 0 Å². The molecule has 35 heavy (non-hydrogen) atoms. The highest BCUT2D eigenvalue weighted by atomic mass is 32.2. The molecule has 0 amide bonds. The van der Waals surface area contributed by atoms with E-state index in [9.17, 15) is 13.2 Å². The van der Waals surface area contributed by atoms with Crippen LogP contribution < -0.4 is 26.2 Å². The number of aryl methyl sites for hydroxylation is 4. The van der Waals surface area contributed by atoms with E-state index in [4.69, 9.17) is 0 Å². The minimum Gasteiger partial charge on any atom is -0.361 e. The first-order valence-electron chi connectivity index (χ1n) is 11.1. The highest BCUT2D eigenvalue weighted by Gasteiger charge is 2.14. The van der Waals surface area contributed by atoms with Crippen LogP contribution >= 0.6 is 0 Å². The van der Waals surface area contributed by atoms with E-state index in [1.807, 2.05) is 52.0 Å². The molecule has 3 N–H and O–H groups in total. The summed E-state index contributed by atoms with van der Waals surface area (Å²) in [5.74, 6) is 0. The lowest BCUT2D eigenvalue weighted by Gasteiger charge is -2.10. The molecule has 7 nitrogen and oxygen atoms in total. The van der Waals surface area contributed by atoms with Crippen LogP contribution in [0.4, 0.5) is 11.4 Å². The van der Waals surface area contributed by atoms with Crippen molar-refractivity contribution in [1.82, 2.24) is 9.78 Å². The molecule has 1 aromatic heterocycles. The number of rotatable bonds is 6. The number of aromatic amines is 1. The number of aromatic nitrogens is 2. The molecular weight excluding hydrogens is 460 g/mol. The van der Waals surface area contributed by atoms with Crippen LogP contribution in [0.15, 0.2) is 70.4 Å². The lowest BCUT2D eigenvalue weighted by atomic mass is 10.1. The molecule has 0 fully saturated rings. The normalized spacial score (nSPS) is 12.1. The van der Waals surface area contributed by atoms with Gasteiger partial charge in [0.15, 0.2) is 0 Å². The van der Waals surface area contributed by atoms with Crippen LogP contribution in [-0.4, -0.2) is 18.2 Å². The van der Waals surface area contributed by atoms with Crippen molar-refractivity contribution >= 4 is 34.2 Å². The van der Waals surface area contributed by atoms with Gasteiger partial charge in [-0.1, -0.05) is 18.7 Å². The fraction of sp³-hybridized carbons (Fsp3) is 0.148. The predicted octanol–water partition coefficient (Wildman–Crippen LogP) is 3.46. The monoisotopic (exact) mass is 488 g/mol. The first-order chi connectivity index (χ1) is 16.5. The Morgan fingerprint density at radius 3 is 2.06 bits per heavy atom. The summed E-state index contributed by atoms with van der Waals surface area (Å²) in [7, 11) is -3.73. The van der Waals surface area contributed by atoms with E-state index in [0.717, 1.165) is 27.9 Å². The van der Waals surface area contributed by atoms with E-state index < -0.39 is 10.0 Å². The van der Waals surface area contributed by atoms with Crippen LogP contribution in [0.3, 0.4) is 0 Å². The van der Waals surface area contributed by atoms with E-state index in [2.05, 4.69) is 21.7 Å². The first-order valence-corrected chi connectivity index (χ1v) is 12.6. The Kier molecular flexibility index (Phi) is 6.41. The predicted molar refractivity (Wildman–Crippen MR) is 142 cm³/mol. The quantitative estimate of drug-likeness (QED) is 0.387. The Labute approximate surface area is 204 Å². The standard InChI is InChI=1S/C27H28N4O3S/c1-17-6-8-23(14-19(17)3)30-35(33,34)25-12-9-22(10-13-25)28-16-26-21(5)29-31(27(26)32)24-11-7-18(2)20(4)15-24/h6-16,28-30H,5H2,1-4H3. The first kappa shape index (κ1) is 24.1. The molecule has 0 radical (unpaired) electrons. The number of hydrogen-bond donors (Lipinski definition) is 3. The van der Waals surface area contributed by atoms with Crippen LogP contribution in [0.1, 0.15) is 22.3 Å². The Hall–Kier alpha value is -4.04. The van der Waals surface area contributed by atoms with Crippen LogP contribution in [0, 0.1) is 27.7 Å². The highest BCUT2D eigenvalue weighted by Crippen LogP contribution is 2.20. The second-order valence-corrected chi connectivity index (χ2v) is 10.3. The number of anilines is 2. The van der Waals surface area contributed by atoms with Gasteiger partial charge in [0, 0.05) is 17.6 Å². The number of benzene rings is 3. The van der Waals surface area contributed by atoms with Gasteiger partial charge in [-0.25, -0.2) is 13.1 Å². The van der Waals surface area contributed by atoms with E-state index >= 15 is 0 Å². The lowest BCUT2D eigenvalue weighted by Crippen LogP contribution is -2.34. The summed E-state index contributed by atoms with van der Waals surface area (Å²) in [6, 6.07) is 17.5. The smallest absolute Gasteiger partial charge is 0.280 e. The van der Waals surface area contributed by atoms with Gasteiger partial charge in [0.05, 0.1) is 21.2 Å². The zero-order valence-corrected chi connectivity index (χ0v) is 21.0. The second kappa shape index (κ2) is 9.31. The number of nitrogens with zero attached hydrogens (tertiary/aromatic N) is 1. The van der Waals surface area contributed by atoms with Crippen molar-refractivity contribution in [3.05, 3.63) is 104 Å². The summed E-state index contributed by atoms with van der Waals surface area (Å²) >= 11 is 0. The zero-order chi connectivity index (χ0) is 25.3. The summed E-state index contributed by atoms with van der Waals surface area (Å²) in [4.78, 5) is 13.1. The van der Waals surface area contributed by atoms with Gasteiger partial charge in [-0.15, -0.1) is 0 Å². The molecule has 0 saturated heterocycles. The average molecular weight is 489 g/mol.